The van der Waals surface area contributed by atoms with Crippen LogP contribution in [0.4, 0.5) is 0 Å². The van der Waals surface area contributed by atoms with Crippen LogP contribution in [0.1, 0.15) is 22.5 Å². The highest BCUT2D eigenvalue weighted by atomic mass is 35.5. The van der Waals surface area contributed by atoms with E-state index in [4.69, 9.17) is 16.6 Å². The molecule has 140 valence electrons. The second-order valence-corrected chi connectivity index (χ2v) is 8.74. The maximum absolute atomic E-state index is 12.8. The van der Waals surface area contributed by atoms with Crippen molar-refractivity contribution in [3.05, 3.63) is 63.4 Å². The summed E-state index contributed by atoms with van der Waals surface area (Å²) < 4.78 is 0. The topological polar surface area (TPSA) is 36.4 Å². The number of aromatic nitrogens is 1. The summed E-state index contributed by atoms with van der Waals surface area (Å²) in [6, 6.07) is 11.4. The van der Waals surface area contributed by atoms with Gasteiger partial charge in [0.2, 0.25) is 0 Å². The molecule has 0 saturated carbocycles. The van der Waals surface area contributed by atoms with Crippen molar-refractivity contribution in [1.82, 2.24) is 14.8 Å². The average Bonchev–Trinajstić information content (AvgIpc) is 3.30. The summed E-state index contributed by atoms with van der Waals surface area (Å²) in [5.41, 5.74) is 1.70. The third-order valence-corrected chi connectivity index (χ3v) is 6.91. The molecule has 1 aliphatic rings. The first-order valence-corrected chi connectivity index (χ1v) is 11.1. The van der Waals surface area contributed by atoms with Crippen molar-refractivity contribution in [2.75, 3.05) is 26.2 Å². The Balaban J connectivity index is 1.37. The summed E-state index contributed by atoms with van der Waals surface area (Å²) in [6.45, 7) is 4.13. The van der Waals surface area contributed by atoms with E-state index in [1.807, 2.05) is 17.0 Å². The summed E-state index contributed by atoms with van der Waals surface area (Å²) in [5, 5.41) is 5.83. The van der Waals surface area contributed by atoms with Gasteiger partial charge in [-0.05, 0) is 30.0 Å². The van der Waals surface area contributed by atoms with Crippen LogP contribution in [-0.4, -0.2) is 46.9 Å². The molecule has 4 rings (SSSR count). The van der Waals surface area contributed by atoms with E-state index in [0.717, 1.165) is 43.3 Å². The lowest BCUT2D eigenvalue weighted by Crippen LogP contribution is -2.35. The number of hydrogen-bond donors (Lipinski definition) is 0. The van der Waals surface area contributed by atoms with E-state index in [9.17, 15) is 4.79 Å². The highest BCUT2D eigenvalue weighted by molar-refractivity contribution is 7.20. The first-order chi connectivity index (χ1) is 13.2. The van der Waals surface area contributed by atoms with E-state index < -0.39 is 0 Å². The molecule has 3 aromatic rings. The fraction of sp³-hybridized carbons (Fsp3) is 0.300. The van der Waals surface area contributed by atoms with Crippen molar-refractivity contribution >= 4 is 40.2 Å². The van der Waals surface area contributed by atoms with Crippen molar-refractivity contribution in [1.29, 1.82) is 0 Å². The van der Waals surface area contributed by atoms with Crippen molar-refractivity contribution in [3.63, 3.8) is 0 Å². The summed E-state index contributed by atoms with van der Waals surface area (Å²) in [7, 11) is 0. The fourth-order valence-electron chi connectivity index (χ4n) is 3.26. The normalized spacial score (nSPS) is 15.7. The minimum Gasteiger partial charge on any atom is -0.337 e. The zero-order valence-corrected chi connectivity index (χ0v) is 17.2. The van der Waals surface area contributed by atoms with Gasteiger partial charge in [0.25, 0.3) is 5.91 Å². The SMILES string of the molecule is O=C(c1ccccc1Cl)N1CCCN(Cc2csc(-c3cccs3)n2)CC1. The van der Waals surface area contributed by atoms with E-state index in [-0.39, 0.29) is 5.91 Å². The van der Waals surface area contributed by atoms with Crippen LogP contribution >= 0.6 is 34.3 Å². The number of thiazole rings is 1. The predicted octanol–water partition coefficient (Wildman–Crippen LogP) is 4.87. The maximum atomic E-state index is 12.8. The zero-order valence-electron chi connectivity index (χ0n) is 14.8. The van der Waals surface area contributed by atoms with Gasteiger partial charge in [-0.3, -0.25) is 9.69 Å². The predicted molar refractivity (Wildman–Crippen MR) is 113 cm³/mol. The Bertz CT molecular complexity index is 910. The highest BCUT2D eigenvalue weighted by Crippen LogP contribution is 2.28. The Labute approximate surface area is 172 Å². The Morgan fingerprint density at radius 1 is 1.07 bits per heavy atom. The lowest BCUT2D eigenvalue weighted by molar-refractivity contribution is 0.0761. The number of thiophene rings is 1. The summed E-state index contributed by atoms with van der Waals surface area (Å²) in [5.74, 6) is 0.0242. The Hall–Kier alpha value is -1.73. The first kappa shape index (κ1) is 18.6. The van der Waals surface area contributed by atoms with Crippen LogP contribution < -0.4 is 0 Å². The molecule has 0 aliphatic carbocycles. The van der Waals surface area contributed by atoms with E-state index in [1.165, 1.54) is 4.88 Å². The van der Waals surface area contributed by atoms with E-state index in [1.54, 1.807) is 34.8 Å². The number of hydrogen-bond acceptors (Lipinski definition) is 5. The van der Waals surface area contributed by atoms with Gasteiger partial charge < -0.3 is 4.90 Å². The number of amides is 1. The van der Waals surface area contributed by atoms with Gasteiger partial charge in [-0.15, -0.1) is 22.7 Å². The second kappa shape index (κ2) is 8.52. The molecule has 0 atom stereocenters. The Kier molecular flexibility index (Phi) is 5.88. The average molecular weight is 418 g/mol. The van der Waals surface area contributed by atoms with E-state index in [2.05, 4.69) is 27.8 Å². The minimum absolute atomic E-state index is 0.0242. The van der Waals surface area contributed by atoms with E-state index in [0.29, 0.717) is 17.1 Å². The molecular formula is C20H20ClN3OS2. The molecule has 1 amide bonds. The van der Waals surface area contributed by atoms with Crippen molar-refractivity contribution in [2.45, 2.75) is 13.0 Å². The smallest absolute Gasteiger partial charge is 0.255 e. The van der Waals surface area contributed by atoms with Crippen LogP contribution in [0.5, 0.6) is 0 Å². The molecule has 1 aliphatic heterocycles. The van der Waals surface area contributed by atoms with Crippen LogP contribution in [0.3, 0.4) is 0 Å². The molecule has 0 spiro atoms. The largest absolute Gasteiger partial charge is 0.337 e. The molecule has 1 fully saturated rings. The molecule has 1 aromatic carbocycles. The highest BCUT2D eigenvalue weighted by Gasteiger charge is 2.22. The standard InChI is InChI=1S/C20H20ClN3OS2/c21-17-6-2-1-5-16(17)20(25)24-9-4-8-23(10-11-24)13-15-14-27-19(22-15)18-7-3-12-26-18/h1-3,5-7,12,14H,4,8-11,13H2. The number of carbonyl (C=O) groups excluding carboxylic acids is 1. The van der Waals surface area contributed by atoms with Gasteiger partial charge in [0.1, 0.15) is 5.01 Å². The lowest BCUT2D eigenvalue weighted by atomic mass is 10.2. The molecule has 3 heterocycles. The molecule has 1 saturated heterocycles. The number of carbonyl (C=O) groups is 1. The monoisotopic (exact) mass is 417 g/mol. The Morgan fingerprint density at radius 3 is 2.78 bits per heavy atom. The zero-order chi connectivity index (χ0) is 18.6. The van der Waals surface area contributed by atoms with Gasteiger partial charge in [0.05, 0.1) is 21.2 Å². The quantitative estimate of drug-likeness (QED) is 0.607. The van der Waals surface area contributed by atoms with Crippen LogP contribution in [-0.2, 0) is 6.54 Å². The Morgan fingerprint density at radius 2 is 1.96 bits per heavy atom. The van der Waals surface area contributed by atoms with Gasteiger partial charge in [0, 0.05) is 38.1 Å². The van der Waals surface area contributed by atoms with Gasteiger partial charge in [-0.25, -0.2) is 4.98 Å². The third kappa shape index (κ3) is 4.41. The minimum atomic E-state index is 0.0242. The fourth-order valence-corrected chi connectivity index (χ4v) is 5.10. The molecule has 7 heteroatoms. The summed E-state index contributed by atoms with van der Waals surface area (Å²) >= 11 is 9.62. The molecule has 4 nitrogen and oxygen atoms in total. The number of rotatable bonds is 4. The molecule has 0 bridgehead atoms. The van der Waals surface area contributed by atoms with Crippen LogP contribution in [0, 0.1) is 0 Å². The van der Waals surface area contributed by atoms with Crippen LogP contribution in [0.15, 0.2) is 47.2 Å². The number of benzene rings is 1. The third-order valence-electron chi connectivity index (χ3n) is 4.65. The molecule has 0 radical (unpaired) electrons. The van der Waals surface area contributed by atoms with Gasteiger partial charge >= 0.3 is 0 Å². The molecular weight excluding hydrogens is 398 g/mol. The number of nitrogens with zero attached hydrogens (tertiary/aromatic N) is 3. The molecule has 0 unspecified atom stereocenters. The van der Waals surface area contributed by atoms with Crippen molar-refractivity contribution < 1.29 is 4.79 Å². The van der Waals surface area contributed by atoms with Gasteiger partial charge in [-0.1, -0.05) is 29.8 Å². The lowest BCUT2D eigenvalue weighted by Gasteiger charge is -2.22. The first-order valence-electron chi connectivity index (χ1n) is 8.95. The van der Waals surface area contributed by atoms with Crippen molar-refractivity contribution in [2.24, 2.45) is 0 Å². The summed E-state index contributed by atoms with van der Waals surface area (Å²) in [6.07, 6.45) is 0.956. The maximum Gasteiger partial charge on any atom is 0.255 e. The summed E-state index contributed by atoms with van der Waals surface area (Å²) in [4.78, 5) is 23.1. The van der Waals surface area contributed by atoms with Gasteiger partial charge in [0.15, 0.2) is 0 Å². The molecule has 2 aromatic heterocycles. The van der Waals surface area contributed by atoms with Gasteiger partial charge in [-0.2, -0.15) is 0 Å². The number of halogens is 1. The second-order valence-electron chi connectivity index (χ2n) is 6.52. The van der Waals surface area contributed by atoms with Crippen LogP contribution in [0.2, 0.25) is 5.02 Å². The molecule has 27 heavy (non-hydrogen) atoms. The van der Waals surface area contributed by atoms with Crippen molar-refractivity contribution in [3.8, 4) is 9.88 Å². The van der Waals surface area contributed by atoms with E-state index >= 15 is 0 Å². The van der Waals surface area contributed by atoms with Crippen LogP contribution in [0.25, 0.3) is 9.88 Å². The molecule has 0 N–H and O–H groups in total.